The van der Waals surface area contributed by atoms with E-state index in [4.69, 9.17) is 9.29 Å². The summed E-state index contributed by atoms with van der Waals surface area (Å²) in [6.07, 6.45) is 5.85. The molecule has 2 aromatic carbocycles. The third-order valence-corrected chi connectivity index (χ3v) is 5.92. The minimum Gasteiger partial charge on any atom is -0.496 e. The summed E-state index contributed by atoms with van der Waals surface area (Å²) in [5.41, 5.74) is 6.29. The lowest BCUT2D eigenvalue weighted by molar-refractivity contribution is -0.115. The molecule has 1 aliphatic heterocycles. The summed E-state index contributed by atoms with van der Waals surface area (Å²) in [7, 11) is 0.317. The fraction of sp³-hybridized carbons (Fsp3) is 0.458. The lowest BCUT2D eigenvalue weighted by Gasteiger charge is -2.30. The van der Waals surface area contributed by atoms with E-state index in [1.165, 1.54) is 29.5 Å². The number of anilines is 1. The summed E-state index contributed by atoms with van der Waals surface area (Å²) in [5, 5.41) is 2.90. The van der Waals surface area contributed by atoms with Crippen molar-refractivity contribution in [3.63, 3.8) is 0 Å². The van der Waals surface area contributed by atoms with Gasteiger partial charge in [0.15, 0.2) is 0 Å². The Hall–Kier alpha value is -2.46. The Bertz CT molecular complexity index is 1060. The van der Waals surface area contributed by atoms with Crippen molar-refractivity contribution in [3.05, 3.63) is 58.7 Å². The van der Waals surface area contributed by atoms with E-state index >= 15 is 0 Å². The highest BCUT2D eigenvalue weighted by molar-refractivity contribution is 7.85. The number of amides is 1. The second-order valence-electron chi connectivity index (χ2n) is 8.58. The lowest BCUT2D eigenvalue weighted by Crippen LogP contribution is -2.28. The zero-order chi connectivity index (χ0) is 23.3. The highest BCUT2D eigenvalue weighted by Crippen LogP contribution is 2.37. The van der Waals surface area contributed by atoms with Gasteiger partial charge in [-0.05, 0) is 73.0 Å². The third-order valence-electron chi connectivity index (χ3n) is 5.92. The van der Waals surface area contributed by atoms with Gasteiger partial charge in [0.05, 0.1) is 19.8 Å². The number of ether oxygens (including phenoxy) is 1. The van der Waals surface area contributed by atoms with Crippen LogP contribution in [0.1, 0.15) is 41.0 Å². The van der Waals surface area contributed by atoms with Crippen LogP contribution >= 0.6 is 0 Å². The van der Waals surface area contributed by atoms with Gasteiger partial charge < -0.3 is 20.4 Å². The van der Waals surface area contributed by atoms with Gasteiger partial charge in [0.25, 0.3) is 10.1 Å². The van der Waals surface area contributed by atoms with Crippen molar-refractivity contribution < 1.29 is 28.0 Å². The summed E-state index contributed by atoms with van der Waals surface area (Å²) in [6, 6.07) is 12.8. The predicted molar refractivity (Wildman–Crippen MR) is 130 cm³/mol. The maximum absolute atomic E-state index is 11.5. The normalized spacial score (nSPS) is 16.6. The molecule has 33 heavy (non-hydrogen) atoms. The van der Waals surface area contributed by atoms with Crippen molar-refractivity contribution in [3.8, 4) is 5.75 Å². The summed E-state index contributed by atoms with van der Waals surface area (Å²) in [6.45, 7) is 2.10. The van der Waals surface area contributed by atoms with Gasteiger partial charge in [-0.25, -0.2) is 0 Å². The Morgan fingerprint density at radius 2 is 1.97 bits per heavy atom. The maximum atomic E-state index is 11.5. The van der Waals surface area contributed by atoms with E-state index in [0.29, 0.717) is 18.6 Å². The standard InChI is InChI=1S/C23H28N2O2.CH4O3S.H2O/c1-25(12-11-16-9-10-21-18(13-16)14-23(26)24-21)15-17-5-3-7-20-19(17)6-4-8-22(20)27-2;1-5(2,3)4;/h4,6,8-10,13,17H,3,5,7,11-12,14-15H2,1-2H3,(H,24,26);1H3,(H,2,3,4);1H2/t17-;;/m0../s1. The van der Waals surface area contributed by atoms with E-state index in [1.807, 2.05) is 6.07 Å². The summed E-state index contributed by atoms with van der Waals surface area (Å²) in [4.78, 5) is 14.0. The van der Waals surface area contributed by atoms with Crippen LogP contribution in [0.3, 0.4) is 0 Å². The van der Waals surface area contributed by atoms with Crippen LogP contribution < -0.4 is 10.1 Å². The number of benzene rings is 2. The first-order chi connectivity index (χ1) is 15.1. The Balaban J connectivity index is 0.000000583. The fourth-order valence-corrected chi connectivity index (χ4v) is 4.52. The molecule has 0 spiro atoms. The van der Waals surface area contributed by atoms with E-state index in [0.717, 1.165) is 42.9 Å². The molecule has 4 N–H and O–H groups in total. The number of fused-ring (bicyclic) bond motifs is 2. The first kappa shape index (κ1) is 26.8. The van der Waals surface area contributed by atoms with Crippen LogP contribution in [-0.4, -0.2) is 62.8 Å². The van der Waals surface area contributed by atoms with Crippen molar-refractivity contribution in [1.29, 1.82) is 0 Å². The summed E-state index contributed by atoms with van der Waals surface area (Å²) < 4.78 is 31.4. The van der Waals surface area contributed by atoms with Crippen molar-refractivity contribution in [1.82, 2.24) is 4.90 Å². The van der Waals surface area contributed by atoms with E-state index in [9.17, 15) is 13.2 Å². The number of nitrogens with one attached hydrogen (secondary N) is 1. The molecule has 1 aliphatic carbocycles. The molecule has 0 unspecified atom stereocenters. The minimum absolute atomic E-state index is 0. The number of rotatable bonds is 6. The SMILES string of the molecule is COc1cccc2c1CCC[C@H]2CN(C)CCc1ccc2c(c1)CC(=O)N2.CS(=O)(=O)O.O. The molecular weight excluding hydrogens is 444 g/mol. The Kier molecular flexibility index (Phi) is 9.42. The molecule has 1 amide bonds. The number of methoxy groups -OCH3 is 1. The molecule has 9 heteroatoms. The lowest BCUT2D eigenvalue weighted by atomic mass is 9.82. The molecule has 182 valence electrons. The molecule has 8 nitrogen and oxygen atoms in total. The summed E-state index contributed by atoms with van der Waals surface area (Å²) in [5.74, 6) is 1.72. The van der Waals surface area contributed by atoms with Crippen molar-refractivity contribution in [2.45, 2.75) is 38.0 Å². The highest BCUT2D eigenvalue weighted by Gasteiger charge is 2.24. The number of hydrogen-bond donors (Lipinski definition) is 2. The predicted octanol–water partition coefficient (Wildman–Crippen LogP) is 2.46. The molecule has 2 aliphatic rings. The summed E-state index contributed by atoms with van der Waals surface area (Å²) >= 11 is 0. The molecule has 0 saturated heterocycles. The topological polar surface area (TPSA) is 127 Å². The average Bonchev–Trinajstić information content (AvgIpc) is 3.10. The number of hydrogen-bond acceptors (Lipinski definition) is 5. The van der Waals surface area contributed by atoms with Crippen LogP contribution in [0.15, 0.2) is 36.4 Å². The van der Waals surface area contributed by atoms with E-state index < -0.39 is 10.1 Å². The minimum atomic E-state index is -3.67. The van der Waals surface area contributed by atoms with Crippen LogP contribution in [0.25, 0.3) is 0 Å². The van der Waals surface area contributed by atoms with Crippen LogP contribution in [0.2, 0.25) is 0 Å². The molecule has 0 fully saturated rings. The van der Waals surface area contributed by atoms with Gasteiger partial charge in [-0.3, -0.25) is 9.35 Å². The first-order valence-electron chi connectivity index (χ1n) is 10.8. The smallest absolute Gasteiger partial charge is 0.261 e. The molecule has 1 heterocycles. The molecule has 0 radical (unpaired) electrons. The number of nitrogens with zero attached hydrogens (tertiary/aromatic N) is 1. The quantitative estimate of drug-likeness (QED) is 0.614. The van der Waals surface area contributed by atoms with Crippen molar-refractivity contribution >= 4 is 21.7 Å². The van der Waals surface area contributed by atoms with Gasteiger partial charge in [0.2, 0.25) is 5.91 Å². The van der Waals surface area contributed by atoms with Crippen LogP contribution in [0, 0.1) is 0 Å². The van der Waals surface area contributed by atoms with Gasteiger partial charge in [0.1, 0.15) is 5.75 Å². The first-order valence-corrected chi connectivity index (χ1v) is 12.7. The molecule has 4 rings (SSSR count). The van der Waals surface area contributed by atoms with Gasteiger partial charge in [-0.15, -0.1) is 0 Å². The molecule has 0 aromatic heterocycles. The zero-order valence-corrected chi connectivity index (χ0v) is 20.2. The number of carbonyl (C=O) groups is 1. The maximum Gasteiger partial charge on any atom is 0.261 e. The number of carbonyl (C=O) groups excluding carboxylic acids is 1. The highest BCUT2D eigenvalue weighted by atomic mass is 32.2. The van der Waals surface area contributed by atoms with Gasteiger partial charge in [-0.2, -0.15) is 8.42 Å². The van der Waals surface area contributed by atoms with E-state index in [2.05, 4.69) is 47.6 Å². The monoisotopic (exact) mass is 478 g/mol. The second kappa shape index (κ2) is 11.6. The molecule has 0 bridgehead atoms. The second-order valence-corrected chi connectivity index (χ2v) is 10.0. The Morgan fingerprint density at radius 3 is 2.67 bits per heavy atom. The Labute approximate surface area is 196 Å². The number of likely N-dealkylation sites (N-methyl/N-ethyl adjacent to an activating group) is 1. The van der Waals surface area contributed by atoms with Crippen LogP contribution in [0.5, 0.6) is 5.75 Å². The third kappa shape index (κ3) is 7.82. The molecule has 0 saturated carbocycles. The van der Waals surface area contributed by atoms with Crippen molar-refractivity contribution in [2.75, 3.05) is 38.8 Å². The Morgan fingerprint density at radius 1 is 1.24 bits per heavy atom. The largest absolute Gasteiger partial charge is 0.496 e. The fourth-order valence-electron chi connectivity index (χ4n) is 4.52. The van der Waals surface area contributed by atoms with Gasteiger partial charge >= 0.3 is 0 Å². The van der Waals surface area contributed by atoms with Crippen molar-refractivity contribution in [2.24, 2.45) is 0 Å². The van der Waals surface area contributed by atoms with Gasteiger partial charge in [0, 0.05) is 18.8 Å². The molecular formula is C24H34N2O6S. The van der Waals surface area contributed by atoms with Crippen LogP contribution in [-0.2, 0) is 34.2 Å². The zero-order valence-electron chi connectivity index (χ0n) is 19.4. The van der Waals surface area contributed by atoms with Gasteiger partial charge in [-0.1, -0.05) is 24.3 Å². The molecule has 1 atom stereocenters. The molecule has 2 aromatic rings. The average molecular weight is 479 g/mol. The van der Waals surface area contributed by atoms with Crippen LogP contribution in [0.4, 0.5) is 5.69 Å². The van der Waals surface area contributed by atoms with E-state index in [-0.39, 0.29) is 11.4 Å². The van der Waals surface area contributed by atoms with E-state index in [1.54, 1.807) is 7.11 Å².